The smallest absolute Gasteiger partial charge is 0.169 e. The van der Waals surface area contributed by atoms with Crippen LogP contribution in [0.15, 0.2) is 24.3 Å². The molecule has 1 aromatic carbocycles. The van der Waals surface area contributed by atoms with Gasteiger partial charge in [-0.2, -0.15) is 0 Å². The van der Waals surface area contributed by atoms with Crippen LogP contribution in [0.5, 0.6) is 0 Å². The van der Waals surface area contributed by atoms with Crippen molar-refractivity contribution < 1.29 is 9.53 Å². The molecule has 86 valence electrons. The summed E-state index contributed by atoms with van der Waals surface area (Å²) in [7, 11) is 1.61. The molecule has 2 rings (SSSR count). The van der Waals surface area contributed by atoms with Crippen molar-refractivity contribution in [2.24, 2.45) is 0 Å². The van der Waals surface area contributed by atoms with E-state index in [9.17, 15) is 4.79 Å². The van der Waals surface area contributed by atoms with E-state index in [-0.39, 0.29) is 5.78 Å². The van der Waals surface area contributed by atoms with Gasteiger partial charge in [-0.15, -0.1) is 0 Å². The van der Waals surface area contributed by atoms with Crippen LogP contribution in [0.3, 0.4) is 0 Å². The van der Waals surface area contributed by atoms with E-state index in [0.29, 0.717) is 11.4 Å². The Kier molecular flexibility index (Phi) is 3.31. The van der Waals surface area contributed by atoms with Crippen LogP contribution in [0.2, 0.25) is 5.02 Å². The lowest BCUT2D eigenvalue weighted by Gasteiger charge is -2.34. The largest absolute Gasteiger partial charge is 0.366 e. The Balaban J connectivity index is 2.40. The summed E-state index contributed by atoms with van der Waals surface area (Å²) < 4.78 is 5.52. The molecule has 0 bridgehead atoms. The monoisotopic (exact) mass is 238 g/mol. The van der Waals surface area contributed by atoms with Crippen LogP contribution >= 0.6 is 11.6 Å². The van der Waals surface area contributed by atoms with Crippen molar-refractivity contribution in [3.05, 3.63) is 34.9 Å². The van der Waals surface area contributed by atoms with Gasteiger partial charge in [0.15, 0.2) is 11.4 Å². The van der Waals surface area contributed by atoms with E-state index in [1.54, 1.807) is 19.2 Å². The van der Waals surface area contributed by atoms with E-state index in [4.69, 9.17) is 16.3 Å². The standard InChI is InChI=1S/C13H15ClO2/c1-16-13(9-3-2-4-12(13)15)10-5-7-11(14)8-6-10/h5-8H,2-4,9H2,1H3. The number of carbonyl (C=O) groups is 1. The number of halogens is 1. The highest BCUT2D eigenvalue weighted by Gasteiger charge is 2.41. The molecule has 3 heteroatoms. The molecule has 0 saturated heterocycles. The molecule has 1 atom stereocenters. The molecule has 0 amide bonds. The van der Waals surface area contributed by atoms with Gasteiger partial charge in [-0.3, -0.25) is 4.79 Å². The zero-order valence-corrected chi connectivity index (χ0v) is 10.1. The van der Waals surface area contributed by atoms with Crippen molar-refractivity contribution in [1.82, 2.24) is 0 Å². The Labute approximate surface area is 101 Å². The SMILES string of the molecule is COC1(c2ccc(Cl)cc2)CCCCC1=O. The van der Waals surface area contributed by atoms with Gasteiger partial charge in [0.05, 0.1) is 0 Å². The van der Waals surface area contributed by atoms with Crippen molar-refractivity contribution in [3.63, 3.8) is 0 Å². The first kappa shape index (κ1) is 11.6. The quantitative estimate of drug-likeness (QED) is 0.790. The first-order valence-electron chi connectivity index (χ1n) is 5.53. The molecular weight excluding hydrogens is 224 g/mol. The third-order valence-electron chi connectivity index (χ3n) is 3.29. The van der Waals surface area contributed by atoms with E-state index >= 15 is 0 Å². The molecule has 16 heavy (non-hydrogen) atoms. The minimum atomic E-state index is -0.733. The molecule has 0 heterocycles. The number of hydrogen-bond donors (Lipinski definition) is 0. The Morgan fingerprint density at radius 3 is 2.50 bits per heavy atom. The molecule has 0 aliphatic heterocycles. The molecule has 1 aliphatic rings. The predicted octanol–water partition coefficient (Wildman–Crippen LogP) is 3.32. The summed E-state index contributed by atoms with van der Waals surface area (Å²) in [5.41, 5.74) is 0.187. The number of benzene rings is 1. The number of rotatable bonds is 2. The number of carbonyl (C=O) groups excluding carboxylic acids is 1. The highest BCUT2D eigenvalue weighted by molar-refractivity contribution is 6.30. The lowest BCUT2D eigenvalue weighted by Crippen LogP contribution is -2.40. The van der Waals surface area contributed by atoms with Gasteiger partial charge < -0.3 is 4.74 Å². The van der Waals surface area contributed by atoms with Crippen LogP contribution in [-0.4, -0.2) is 12.9 Å². The molecule has 1 fully saturated rings. The molecule has 2 nitrogen and oxygen atoms in total. The van der Waals surface area contributed by atoms with E-state index in [0.717, 1.165) is 24.8 Å². The first-order chi connectivity index (χ1) is 7.69. The number of ketones is 1. The Morgan fingerprint density at radius 1 is 1.25 bits per heavy atom. The van der Waals surface area contributed by atoms with Crippen LogP contribution in [0.25, 0.3) is 0 Å². The second kappa shape index (κ2) is 4.56. The zero-order valence-electron chi connectivity index (χ0n) is 9.33. The highest BCUT2D eigenvalue weighted by atomic mass is 35.5. The summed E-state index contributed by atoms with van der Waals surface area (Å²) in [6, 6.07) is 7.38. The fourth-order valence-electron chi connectivity index (χ4n) is 2.36. The number of methoxy groups -OCH3 is 1. The maximum absolute atomic E-state index is 12.1. The molecule has 1 unspecified atom stereocenters. The third kappa shape index (κ3) is 1.87. The van der Waals surface area contributed by atoms with Crippen molar-refractivity contribution >= 4 is 17.4 Å². The van der Waals surface area contributed by atoms with E-state index < -0.39 is 5.60 Å². The van der Waals surface area contributed by atoms with Gasteiger partial charge >= 0.3 is 0 Å². The summed E-state index contributed by atoms with van der Waals surface area (Å²) in [5.74, 6) is 0.184. The normalized spacial score (nSPS) is 25.8. The molecule has 1 aliphatic carbocycles. The summed E-state index contributed by atoms with van der Waals surface area (Å²) in [5, 5.41) is 0.679. The first-order valence-corrected chi connectivity index (χ1v) is 5.91. The van der Waals surface area contributed by atoms with Gasteiger partial charge in [0.2, 0.25) is 0 Å². The summed E-state index contributed by atoms with van der Waals surface area (Å²) >= 11 is 5.85. The van der Waals surface area contributed by atoms with Gasteiger partial charge in [-0.1, -0.05) is 23.7 Å². The predicted molar refractivity (Wildman–Crippen MR) is 63.6 cm³/mol. The average Bonchev–Trinajstić information content (AvgIpc) is 2.31. The van der Waals surface area contributed by atoms with Gasteiger partial charge in [-0.25, -0.2) is 0 Å². The molecule has 1 aromatic rings. The second-order valence-corrected chi connectivity index (χ2v) is 4.60. The molecule has 0 radical (unpaired) electrons. The summed E-state index contributed by atoms with van der Waals surface area (Å²) in [6.07, 6.45) is 3.38. The van der Waals surface area contributed by atoms with Crippen LogP contribution in [0.1, 0.15) is 31.2 Å². The maximum atomic E-state index is 12.1. The van der Waals surface area contributed by atoms with Crippen molar-refractivity contribution in [1.29, 1.82) is 0 Å². The highest BCUT2D eigenvalue weighted by Crippen LogP contribution is 2.37. The molecule has 0 N–H and O–H groups in total. The van der Waals surface area contributed by atoms with Crippen LogP contribution in [0.4, 0.5) is 0 Å². The van der Waals surface area contributed by atoms with Crippen LogP contribution in [-0.2, 0) is 15.1 Å². The summed E-state index contributed by atoms with van der Waals surface area (Å²) in [6.45, 7) is 0. The van der Waals surface area contributed by atoms with E-state index in [2.05, 4.69) is 0 Å². The van der Waals surface area contributed by atoms with Gasteiger partial charge in [0.25, 0.3) is 0 Å². The average molecular weight is 239 g/mol. The van der Waals surface area contributed by atoms with E-state index in [1.165, 1.54) is 0 Å². The van der Waals surface area contributed by atoms with Crippen molar-refractivity contribution in [2.75, 3.05) is 7.11 Å². The van der Waals surface area contributed by atoms with E-state index in [1.807, 2.05) is 12.1 Å². The molecule has 0 spiro atoms. The second-order valence-electron chi connectivity index (χ2n) is 4.17. The topological polar surface area (TPSA) is 26.3 Å². The lowest BCUT2D eigenvalue weighted by atomic mass is 9.78. The fourth-order valence-corrected chi connectivity index (χ4v) is 2.49. The van der Waals surface area contributed by atoms with Gasteiger partial charge in [-0.05, 0) is 37.0 Å². The van der Waals surface area contributed by atoms with Crippen LogP contribution in [0, 0.1) is 0 Å². The molecule has 1 saturated carbocycles. The summed E-state index contributed by atoms with van der Waals surface area (Å²) in [4.78, 5) is 12.1. The van der Waals surface area contributed by atoms with Crippen LogP contribution < -0.4 is 0 Å². The number of hydrogen-bond acceptors (Lipinski definition) is 2. The number of Topliss-reactive ketones (excluding diaryl/α,β-unsaturated/α-hetero) is 1. The minimum Gasteiger partial charge on any atom is -0.366 e. The maximum Gasteiger partial charge on any atom is 0.169 e. The van der Waals surface area contributed by atoms with Gasteiger partial charge in [0, 0.05) is 18.6 Å². The third-order valence-corrected chi connectivity index (χ3v) is 3.54. The Hall–Kier alpha value is -0.860. The van der Waals surface area contributed by atoms with Gasteiger partial charge in [0.1, 0.15) is 0 Å². The molecule has 0 aromatic heterocycles. The minimum absolute atomic E-state index is 0.184. The molecular formula is C13H15ClO2. The Morgan fingerprint density at radius 2 is 1.94 bits per heavy atom. The van der Waals surface area contributed by atoms with Crippen molar-refractivity contribution in [3.8, 4) is 0 Å². The lowest BCUT2D eigenvalue weighted by molar-refractivity contribution is -0.146. The van der Waals surface area contributed by atoms with Crippen molar-refractivity contribution in [2.45, 2.75) is 31.3 Å². The number of ether oxygens (including phenoxy) is 1. The fraction of sp³-hybridized carbons (Fsp3) is 0.462. The Bertz CT molecular complexity index is 385. The zero-order chi connectivity index (χ0) is 11.6.